The molecule has 2 heteroatoms. The van der Waals surface area contributed by atoms with Crippen molar-refractivity contribution in [2.45, 2.75) is 90.3 Å². The normalized spacial score (nSPS) is 50.2. The maximum atomic E-state index is 10.1. The number of fused-ring (bicyclic) bond motifs is 3. The third kappa shape index (κ3) is 3.11. The first-order valence-corrected chi connectivity index (χ1v) is 9.76. The molecule has 22 heavy (non-hydrogen) atoms. The highest BCUT2D eigenvalue weighted by Crippen LogP contribution is 2.59. The Balaban J connectivity index is 1.81. The van der Waals surface area contributed by atoms with Crippen molar-refractivity contribution < 1.29 is 9.84 Å². The summed E-state index contributed by atoms with van der Waals surface area (Å²) in [6.07, 6.45) is 13.0. The highest BCUT2D eigenvalue weighted by molar-refractivity contribution is 5.03. The third-order valence-electron chi connectivity index (χ3n) is 7.58. The van der Waals surface area contributed by atoms with Crippen LogP contribution < -0.4 is 0 Å². The fraction of sp³-hybridized carbons (Fsp3) is 1.00. The molecule has 0 aliphatic heterocycles. The van der Waals surface area contributed by atoms with Crippen LogP contribution in [-0.4, -0.2) is 24.4 Å². The molecule has 7 atom stereocenters. The molecule has 0 aromatic rings. The lowest BCUT2D eigenvalue weighted by Gasteiger charge is -2.50. The molecule has 3 rings (SSSR count). The number of aliphatic hydroxyl groups excluding tert-OH is 1. The molecule has 3 saturated carbocycles. The molecule has 0 spiro atoms. The van der Waals surface area contributed by atoms with Crippen LogP contribution in [0.25, 0.3) is 0 Å². The van der Waals surface area contributed by atoms with Gasteiger partial charge in [-0.2, -0.15) is 0 Å². The molecule has 2 nitrogen and oxygen atoms in total. The Morgan fingerprint density at radius 1 is 0.909 bits per heavy atom. The van der Waals surface area contributed by atoms with Gasteiger partial charge >= 0.3 is 0 Å². The first kappa shape index (κ1) is 16.8. The van der Waals surface area contributed by atoms with Crippen LogP contribution >= 0.6 is 0 Å². The average Bonchev–Trinajstić information content (AvgIpc) is 2.85. The third-order valence-corrected chi connectivity index (χ3v) is 7.58. The monoisotopic (exact) mass is 308 g/mol. The van der Waals surface area contributed by atoms with E-state index in [1.165, 1.54) is 51.4 Å². The van der Waals surface area contributed by atoms with Crippen LogP contribution in [0, 0.1) is 29.1 Å². The molecule has 0 bridgehead atoms. The van der Waals surface area contributed by atoms with Crippen LogP contribution in [0.5, 0.6) is 0 Å². The molecule has 0 saturated heterocycles. The minimum atomic E-state index is -0.0499. The maximum absolute atomic E-state index is 10.1. The average molecular weight is 309 g/mol. The van der Waals surface area contributed by atoms with E-state index in [0.29, 0.717) is 11.5 Å². The van der Waals surface area contributed by atoms with Crippen molar-refractivity contribution in [1.29, 1.82) is 0 Å². The Morgan fingerprint density at radius 2 is 1.64 bits per heavy atom. The predicted molar refractivity (Wildman–Crippen MR) is 90.7 cm³/mol. The highest BCUT2D eigenvalue weighted by atomic mass is 16.5. The van der Waals surface area contributed by atoms with Gasteiger partial charge in [0.1, 0.15) is 0 Å². The molecule has 0 amide bonds. The van der Waals surface area contributed by atoms with E-state index in [9.17, 15) is 5.11 Å². The highest BCUT2D eigenvalue weighted by Gasteiger charge is 2.53. The fourth-order valence-electron chi connectivity index (χ4n) is 6.27. The van der Waals surface area contributed by atoms with E-state index >= 15 is 0 Å². The second kappa shape index (κ2) is 6.81. The Morgan fingerprint density at radius 3 is 2.41 bits per heavy atom. The molecule has 3 fully saturated rings. The van der Waals surface area contributed by atoms with Gasteiger partial charge in [-0.05, 0) is 80.5 Å². The van der Waals surface area contributed by atoms with E-state index in [0.717, 1.165) is 36.5 Å². The molecule has 1 N–H and O–H groups in total. The molecule has 128 valence electrons. The van der Waals surface area contributed by atoms with Crippen molar-refractivity contribution in [1.82, 2.24) is 0 Å². The topological polar surface area (TPSA) is 29.5 Å². The number of ether oxygens (including phenoxy) is 1. The zero-order valence-corrected chi connectivity index (χ0v) is 14.9. The Kier molecular flexibility index (Phi) is 5.19. The summed E-state index contributed by atoms with van der Waals surface area (Å²) >= 11 is 0. The van der Waals surface area contributed by atoms with Crippen LogP contribution in [0.4, 0.5) is 0 Å². The first-order chi connectivity index (χ1) is 10.5. The van der Waals surface area contributed by atoms with Gasteiger partial charge in [-0.25, -0.2) is 0 Å². The molecule has 3 aliphatic carbocycles. The van der Waals surface area contributed by atoms with Crippen LogP contribution in [-0.2, 0) is 4.74 Å². The summed E-state index contributed by atoms with van der Waals surface area (Å²) in [5.41, 5.74) is 0.533. The molecule has 3 aliphatic rings. The van der Waals surface area contributed by atoms with Gasteiger partial charge in [0.2, 0.25) is 0 Å². The second-order valence-electron chi connectivity index (χ2n) is 8.85. The van der Waals surface area contributed by atoms with Gasteiger partial charge in [0.15, 0.2) is 0 Å². The maximum Gasteiger partial charge on any atom is 0.0607 e. The summed E-state index contributed by atoms with van der Waals surface area (Å²) in [5, 5.41) is 10.1. The van der Waals surface area contributed by atoms with Crippen molar-refractivity contribution in [3.63, 3.8) is 0 Å². The van der Waals surface area contributed by atoms with Crippen molar-refractivity contribution in [3.8, 4) is 0 Å². The number of methoxy groups -OCH3 is 1. The van der Waals surface area contributed by atoms with Crippen LogP contribution in [0.1, 0.15) is 78.1 Å². The zero-order chi connectivity index (χ0) is 15.7. The quantitative estimate of drug-likeness (QED) is 0.754. The van der Waals surface area contributed by atoms with E-state index < -0.39 is 0 Å². The lowest BCUT2D eigenvalue weighted by molar-refractivity contribution is -0.0581. The van der Waals surface area contributed by atoms with E-state index in [2.05, 4.69) is 13.8 Å². The van der Waals surface area contributed by atoms with Gasteiger partial charge in [-0.3, -0.25) is 0 Å². The molecule has 0 aromatic carbocycles. The molecule has 0 heterocycles. The summed E-state index contributed by atoms with van der Waals surface area (Å²) in [4.78, 5) is 0. The molecular formula is C20H36O2. The van der Waals surface area contributed by atoms with Crippen LogP contribution in [0.3, 0.4) is 0 Å². The standard InChI is InChI=1S/C20H36O2/c1-14-8-9-15(21)6-4-5-7-17-16(14)10-12-20(2)13-11-18(22-3)19(17)20/h14-19,21H,4-13H2,1-3H3/t14-,15+,16+,17+,18+,19+,20+/m1/s1. The fourth-order valence-corrected chi connectivity index (χ4v) is 6.27. The van der Waals surface area contributed by atoms with E-state index in [4.69, 9.17) is 4.74 Å². The Labute approximate surface area is 137 Å². The number of aliphatic hydroxyl groups is 1. The number of hydrogen-bond donors (Lipinski definition) is 1. The Bertz CT molecular complexity index is 369. The number of hydrogen-bond acceptors (Lipinski definition) is 2. The second-order valence-corrected chi connectivity index (χ2v) is 8.85. The smallest absolute Gasteiger partial charge is 0.0607 e. The predicted octanol–water partition coefficient (Wildman–Crippen LogP) is 4.80. The van der Waals surface area contributed by atoms with Gasteiger partial charge in [0, 0.05) is 7.11 Å². The lowest BCUT2D eigenvalue weighted by atomic mass is 9.56. The van der Waals surface area contributed by atoms with E-state index in [-0.39, 0.29) is 6.10 Å². The summed E-state index contributed by atoms with van der Waals surface area (Å²) in [6, 6.07) is 0. The molecule has 0 aromatic heterocycles. The molecule has 0 radical (unpaired) electrons. The minimum absolute atomic E-state index is 0.0499. The summed E-state index contributed by atoms with van der Waals surface area (Å²) in [6.45, 7) is 4.99. The SMILES string of the molecule is CO[C@H]1CC[C@]2(C)CC[C@@H]3[C@H](CCCC[C@H](O)CC[C@H]3C)[C@@H]12. The van der Waals surface area contributed by atoms with Gasteiger partial charge in [-0.1, -0.05) is 26.7 Å². The van der Waals surface area contributed by atoms with E-state index in [1.54, 1.807) is 0 Å². The van der Waals surface area contributed by atoms with E-state index in [1.807, 2.05) is 7.11 Å². The Hall–Kier alpha value is -0.0800. The summed E-state index contributed by atoms with van der Waals surface area (Å²) < 4.78 is 5.94. The van der Waals surface area contributed by atoms with Gasteiger partial charge in [-0.15, -0.1) is 0 Å². The van der Waals surface area contributed by atoms with Gasteiger partial charge < -0.3 is 9.84 Å². The summed E-state index contributed by atoms with van der Waals surface area (Å²) in [7, 11) is 1.93. The minimum Gasteiger partial charge on any atom is -0.393 e. The van der Waals surface area contributed by atoms with Crippen LogP contribution in [0.15, 0.2) is 0 Å². The number of rotatable bonds is 1. The largest absolute Gasteiger partial charge is 0.393 e. The van der Waals surface area contributed by atoms with Crippen molar-refractivity contribution >= 4 is 0 Å². The van der Waals surface area contributed by atoms with Crippen molar-refractivity contribution in [3.05, 3.63) is 0 Å². The van der Waals surface area contributed by atoms with Gasteiger partial charge in [0.25, 0.3) is 0 Å². The first-order valence-electron chi connectivity index (χ1n) is 9.76. The van der Waals surface area contributed by atoms with Gasteiger partial charge in [0.05, 0.1) is 12.2 Å². The lowest BCUT2D eigenvalue weighted by Crippen LogP contribution is -2.45. The van der Waals surface area contributed by atoms with Crippen LogP contribution in [0.2, 0.25) is 0 Å². The molecular weight excluding hydrogens is 272 g/mol. The molecule has 0 unspecified atom stereocenters. The summed E-state index contributed by atoms with van der Waals surface area (Å²) in [5.74, 6) is 3.26. The zero-order valence-electron chi connectivity index (χ0n) is 14.9. The van der Waals surface area contributed by atoms with Crippen molar-refractivity contribution in [2.24, 2.45) is 29.1 Å². The van der Waals surface area contributed by atoms with Crippen molar-refractivity contribution in [2.75, 3.05) is 7.11 Å².